The number of carbonyl (C=O) groups is 1. The molecule has 2 aliphatic heterocycles. The van der Waals surface area contributed by atoms with Crippen molar-refractivity contribution in [2.45, 2.75) is 0 Å². The lowest BCUT2D eigenvalue weighted by atomic mass is 9.98. The van der Waals surface area contributed by atoms with E-state index in [1.165, 1.54) is 10.6 Å². The molecule has 0 fully saturated rings. The molecule has 0 aromatic heterocycles. The van der Waals surface area contributed by atoms with Crippen LogP contribution in [0, 0.1) is 11.3 Å². The van der Waals surface area contributed by atoms with Gasteiger partial charge in [-0.1, -0.05) is 6.07 Å². The summed E-state index contributed by atoms with van der Waals surface area (Å²) in [6, 6.07) is 19.6. The molecule has 11 heteroatoms. The maximum atomic E-state index is 13.3. The number of likely N-dealkylation sites (N-methyl/N-ethyl adjacent to an activating group) is 1. The summed E-state index contributed by atoms with van der Waals surface area (Å²) in [5.74, 6) is 0.880. The number of anilines is 3. The Morgan fingerprint density at radius 2 is 1.73 bits per heavy atom. The van der Waals surface area contributed by atoms with E-state index >= 15 is 0 Å². The normalized spacial score (nSPS) is 15.2. The predicted octanol–water partition coefficient (Wildman–Crippen LogP) is 3.59. The van der Waals surface area contributed by atoms with E-state index in [1.807, 2.05) is 31.1 Å². The summed E-state index contributed by atoms with van der Waals surface area (Å²) < 4.78 is 37.8. The number of amides is 1. The van der Waals surface area contributed by atoms with E-state index in [0.29, 0.717) is 82.8 Å². The molecular formula is C29H29N5O5S. The number of nitriles is 1. The van der Waals surface area contributed by atoms with Crippen LogP contribution in [0.25, 0.3) is 11.3 Å². The van der Waals surface area contributed by atoms with Crippen LogP contribution in [0.2, 0.25) is 0 Å². The molecule has 3 aromatic carbocycles. The van der Waals surface area contributed by atoms with Gasteiger partial charge in [-0.3, -0.25) is 9.10 Å². The minimum absolute atomic E-state index is 0.312. The lowest BCUT2D eigenvalue weighted by molar-refractivity contribution is -0.110. The first kappa shape index (κ1) is 27.1. The number of ether oxygens (including phenoxy) is 2. The molecule has 2 N–H and O–H groups in total. The largest absolute Gasteiger partial charge is 0.486 e. The van der Waals surface area contributed by atoms with Crippen molar-refractivity contribution >= 4 is 44.3 Å². The van der Waals surface area contributed by atoms with Crippen molar-refractivity contribution < 1.29 is 22.7 Å². The molecule has 0 bridgehead atoms. The van der Waals surface area contributed by atoms with Crippen molar-refractivity contribution in [1.29, 1.82) is 5.26 Å². The van der Waals surface area contributed by atoms with Gasteiger partial charge in [0.1, 0.15) is 13.2 Å². The van der Waals surface area contributed by atoms with E-state index in [2.05, 4.69) is 16.7 Å². The van der Waals surface area contributed by atoms with Crippen molar-refractivity contribution in [1.82, 2.24) is 4.90 Å². The first-order valence-electron chi connectivity index (χ1n) is 12.6. The predicted molar refractivity (Wildman–Crippen MR) is 155 cm³/mol. The maximum Gasteiger partial charge on any atom is 0.258 e. The molecule has 0 spiro atoms. The molecule has 1 amide bonds. The quantitative estimate of drug-likeness (QED) is 0.402. The van der Waals surface area contributed by atoms with Crippen LogP contribution in [-0.4, -0.2) is 65.9 Å². The van der Waals surface area contributed by atoms with Crippen molar-refractivity contribution in [3.63, 3.8) is 0 Å². The van der Waals surface area contributed by atoms with Crippen molar-refractivity contribution in [2.24, 2.45) is 0 Å². The van der Waals surface area contributed by atoms with Gasteiger partial charge in [0.15, 0.2) is 11.5 Å². The van der Waals surface area contributed by atoms with Crippen LogP contribution < -0.4 is 24.4 Å². The summed E-state index contributed by atoms with van der Waals surface area (Å²) in [4.78, 5) is 15.2. The molecular weight excluding hydrogens is 530 g/mol. The van der Waals surface area contributed by atoms with Gasteiger partial charge in [0, 0.05) is 29.9 Å². The Bertz CT molecular complexity index is 1640. The zero-order chi connectivity index (χ0) is 28.4. The van der Waals surface area contributed by atoms with Gasteiger partial charge in [-0.05, 0) is 68.7 Å². The number of hydrogen-bond acceptors (Lipinski definition) is 8. The third-order valence-electron chi connectivity index (χ3n) is 6.55. The summed E-state index contributed by atoms with van der Waals surface area (Å²) in [6.07, 6.45) is 1.19. The molecule has 40 heavy (non-hydrogen) atoms. The van der Waals surface area contributed by atoms with E-state index in [4.69, 9.17) is 9.47 Å². The van der Waals surface area contributed by atoms with Crippen molar-refractivity contribution in [3.8, 4) is 17.6 Å². The number of hydrogen-bond donors (Lipinski definition) is 2. The standard InChI is InChI=1S/C29H29N5O5S/c1-33(2)12-13-34(40(3,36)37)22-8-6-21(7-9-22)31-28(20-5-11-25-26(17-20)39-15-14-38-25)27-23-10-4-19(18-30)16-24(23)32-29(27)35/h4-11,16-17,31H,12-15H2,1-3H3,(H,32,35). The zero-order valence-electron chi connectivity index (χ0n) is 22.4. The Hall–Kier alpha value is -4.53. The number of rotatable bonds is 8. The van der Waals surface area contributed by atoms with Crippen LogP contribution in [0.5, 0.6) is 11.5 Å². The summed E-state index contributed by atoms with van der Waals surface area (Å²) in [5.41, 5.74) is 4.46. The summed E-state index contributed by atoms with van der Waals surface area (Å²) >= 11 is 0. The third kappa shape index (κ3) is 5.59. The van der Waals surface area contributed by atoms with Gasteiger partial charge in [-0.15, -0.1) is 0 Å². The second kappa shape index (κ2) is 10.9. The highest BCUT2D eigenvalue weighted by atomic mass is 32.2. The molecule has 0 saturated heterocycles. The summed E-state index contributed by atoms with van der Waals surface area (Å²) in [6.45, 7) is 1.76. The Morgan fingerprint density at radius 1 is 1.00 bits per heavy atom. The average Bonchev–Trinajstić information content (AvgIpc) is 3.25. The highest BCUT2D eigenvalue weighted by molar-refractivity contribution is 7.92. The Balaban J connectivity index is 1.56. The van der Waals surface area contributed by atoms with Crippen molar-refractivity contribution in [3.05, 3.63) is 77.4 Å². The minimum Gasteiger partial charge on any atom is -0.486 e. The van der Waals surface area contributed by atoms with E-state index < -0.39 is 10.0 Å². The van der Waals surface area contributed by atoms with Crippen molar-refractivity contribution in [2.75, 3.05) is 61.6 Å². The highest BCUT2D eigenvalue weighted by Gasteiger charge is 2.29. The molecule has 2 heterocycles. The SMILES string of the molecule is CN(C)CCN(c1ccc(NC(=C2C(=O)Nc3cc(C#N)ccc32)c2ccc3c(c2)OCCO3)cc1)S(C)(=O)=O. The fraction of sp³-hybridized carbons (Fsp3) is 0.241. The fourth-order valence-electron chi connectivity index (χ4n) is 4.60. The van der Waals surface area contributed by atoms with Gasteiger partial charge in [0.25, 0.3) is 5.91 Å². The molecule has 2 aliphatic rings. The Kier molecular flexibility index (Phi) is 7.38. The summed E-state index contributed by atoms with van der Waals surface area (Å²) in [5, 5.41) is 15.6. The molecule has 0 unspecified atom stereocenters. The number of benzene rings is 3. The molecule has 0 radical (unpaired) electrons. The van der Waals surface area contributed by atoms with Gasteiger partial charge < -0.3 is 25.0 Å². The van der Waals surface area contributed by atoms with E-state index in [1.54, 1.807) is 48.5 Å². The molecule has 0 aliphatic carbocycles. The first-order chi connectivity index (χ1) is 19.1. The lowest BCUT2D eigenvalue weighted by Gasteiger charge is -2.24. The van der Waals surface area contributed by atoms with Crippen LogP contribution in [0.1, 0.15) is 16.7 Å². The van der Waals surface area contributed by atoms with Gasteiger partial charge in [0.2, 0.25) is 10.0 Å². The average molecular weight is 560 g/mol. The van der Waals surface area contributed by atoms with E-state index in [-0.39, 0.29) is 5.91 Å². The molecule has 3 aromatic rings. The lowest BCUT2D eigenvalue weighted by Crippen LogP contribution is -2.35. The fourth-order valence-corrected chi connectivity index (χ4v) is 5.52. The van der Waals surface area contributed by atoms with Crippen LogP contribution in [0.15, 0.2) is 60.7 Å². The van der Waals surface area contributed by atoms with Gasteiger partial charge in [-0.25, -0.2) is 8.42 Å². The van der Waals surface area contributed by atoms with E-state index in [0.717, 1.165) is 0 Å². The number of carbonyl (C=O) groups excluding carboxylic acids is 1. The van der Waals surface area contributed by atoms with E-state index in [9.17, 15) is 18.5 Å². The molecule has 10 nitrogen and oxygen atoms in total. The topological polar surface area (TPSA) is 124 Å². The minimum atomic E-state index is -3.49. The second-order valence-electron chi connectivity index (χ2n) is 9.75. The van der Waals surface area contributed by atoms with Gasteiger partial charge in [-0.2, -0.15) is 5.26 Å². The number of nitrogens with one attached hydrogen (secondary N) is 2. The Morgan fingerprint density at radius 3 is 2.40 bits per heavy atom. The monoisotopic (exact) mass is 559 g/mol. The van der Waals surface area contributed by atoms with Crippen LogP contribution in [0.3, 0.4) is 0 Å². The van der Waals surface area contributed by atoms with Crippen LogP contribution >= 0.6 is 0 Å². The van der Waals surface area contributed by atoms with Crippen LogP contribution in [-0.2, 0) is 14.8 Å². The zero-order valence-corrected chi connectivity index (χ0v) is 23.2. The van der Waals surface area contributed by atoms with Gasteiger partial charge >= 0.3 is 0 Å². The summed E-state index contributed by atoms with van der Waals surface area (Å²) in [7, 11) is 0.290. The molecule has 5 rings (SSSR count). The van der Waals surface area contributed by atoms with Gasteiger partial charge in [0.05, 0.1) is 40.5 Å². The number of sulfonamides is 1. The molecule has 206 valence electrons. The molecule has 0 saturated carbocycles. The first-order valence-corrected chi connectivity index (χ1v) is 14.5. The second-order valence-corrected chi connectivity index (χ2v) is 11.7. The number of nitrogens with zero attached hydrogens (tertiary/aromatic N) is 3. The molecule has 0 atom stereocenters. The number of fused-ring (bicyclic) bond motifs is 2. The Labute approximate surface area is 233 Å². The van der Waals surface area contributed by atoms with Crippen LogP contribution in [0.4, 0.5) is 17.1 Å². The highest BCUT2D eigenvalue weighted by Crippen LogP contribution is 2.40. The smallest absolute Gasteiger partial charge is 0.258 e. The maximum absolute atomic E-state index is 13.3. The third-order valence-corrected chi connectivity index (χ3v) is 7.74.